The van der Waals surface area contributed by atoms with Crippen molar-refractivity contribution in [3.8, 4) is 5.75 Å². The third-order valence-corrected chi connectivity index (χ3v) is 3.86. The van der Waals surface area contributed by atoms with E-state index in [2.05, 4.69) is 22.1 Å². The Bertz CT molecular complexity index is 968. The first-order chi connectivity index (χ1) is 12.7. The number of amides is 1. The molecule has 0 radical (unpaired) electrons. The fourth-order valence-corrected chi connectivity index (χ4v) is 2.48. The van der Waals surface area contributed by atoms with Crippen molar-refractivity contribution in [3.63, 3.8) is 0 Å². The van der Waals surface area contributed by atoms with Gasteiger partial charge in [-0.25, -0.2) is 10.4 Å². The highest BCUT2D eigenvalue weighted by atomic mass is 35.5. The van der Waals surface area contributed by atoms with E-state index in [1.54, 1.807) is 30.3 Å². The van der Waals surface area contributed by atoms with Crippen molar-refractivity contribution in [2.45, 2.75) is 0 Å². The van der Waals surface area contributed by atoms with Gasteiger partial charge in [-0.2, -0.15) is 5.10 Å². The molecule has 0 aliphatic rings. The minimum atomic E-state index is -0.332. The van der Waals surface area contributed by atoms with E-state index < -0.39 is 0 Å². The van der Waals surface area contributed by atoms with Gasteiger partial charge in [-0.1, -0.05) is 42.5 Å². The highest BCUT2D eigenvalue weighted by molar-refractivity contribution is 6.32. The summed E-state index contributed by atoms with van der Waals surface area (Å²) in [5, 5.41) is 5.23. The van der Waals surface area contributed by atoms with Crippen LogP contribution >= 0.6 is 11.6 Å². The van der Waals surface area contributed by atoms with Crippen LogP contribution in [-0.4, -0.2) is 23.7 Å². The number of hydrogen-bond donors (Lipinski definition) is 1. The molecule has 0 aliphatic carbocycles. The molecular weight excluding hydrogens is 350 g/mol. The van der Waals surface area contributed by atoms with Gasteiger partial charge in [0.1, 0.15) is 17.5 Å². The Hall–Kier alpha value is -3.18. The van der Waals surface area contributed by atoms with E-state index in [0.717, 1.165) is 10.9 Å². The zero-order valence-electron chi connectivity index (χ0n) is 13.9. The molecule has 26 heavy (non-hydrogen) atoms. The van der Waals surface area contributed by atoms with Crippen LogP contribution in [0.25, 0.3) is 10.9 Å². The number of para-hydroxylation sites is 1. The van der Waals surface area contributed by atoms with Gasteiger partial charge in [0.25, 0.3) is 5.91 Å². The minimum absolute atomic E-state index is 0.324. The predicted octanol–water partition coefficient (Wildman–Crippen LogP) is 4.22. The Labute approximate surface area is 156 Å². The molecule has 3 aromatic rings. The molecule has 2 aromatic carbocycles. The van der Waals surface area contributed by atoms with Crippen molar-refractivity contribution in [2.24, 2.45) is 5.10 Å². The van der Waals surface area contributed by atoms with Gasteiger partial charge in [-0.3, -0.25) is 4.79 Å². The maximum Gasteiger partial charge on any atom is 0.271 e. The molecule has 1 N–H and O–H groups in total. The maximum atomic E-state index is 12.1. The summed E-state index contributed by atoms with van der Waals surface area (Å²) < 4.78 is 5.38. The molecule has 0 unspecified atom stereocenters. The first kappa shape index (κ1) is 17.6. The van der Waals surface area contributed by atoms with E-state index in [0.29, 0.717) is 28.6 Å². The number of nitrogens with one attached hydrogen (secondary N) is 1. The quantitative estimate of drug-likeness (QED) is 0.308. The Balaban J connectivity index is 1.67. The minimum Gasteiger partial charge on any atom is -0.490 e. The number of rotatable bonds is 6. The number of benzene rings is 2. The van der Waals surface area contributed by atoms with Crippen molar-refractivity contribution < 1.29 is 9.53 Å². The van der Waals surface area contributed by atoms with E-state index in [9.17, 15) is 4.79 Å². The molecule has 6 heteroatoms. The van der Waals surface area contributed by atoms with E-state index in [-0.39, 0.29) is 5.91 Å². The number of aromatic nitrogens is 1. The van der Waals surface area contributed by atoms with Crippen LogP contribution in [0.5, 0.6) is 5.75 Å². The van der Waals surface area contributed by atoms with Gasteiger partial charge in [0.15, 0.2) is 0 Å². The van der Waals surface area contributed by atoms with Crippen LogP contribution in [0.3, 0.4) is 0 Å². The number of carbonyl (C=O) groups excluding carboxylic acids is 1. The van der Waals surface area contributed by atoms with Gasteiger partial charge >= 0.3 is 0 Å². The zero-order valence-corrected chi connectivity index (χ0v) is 14.6. The lowest BCUT2D eigenvalue weighted by Gasteiger charge is -2.04. The van der Waals surface area contributed by atoms with Crippen molar-refractivity contribution in [2.75, 3.05) is 6.61 Å². The molecule has 0 spiro atoms. The molecule has 0 fully saturated rings. The third-order valence-electron chi connectivity index (χ3n) is 3.56. The van der Waals surface area contributed by atoms with Gasteiger partial charge < -0.3 is 4.74 Å². The summed E-state index contributed by atoms with van der Waals surface area (Å²) in [5.41, 5.74) is 4.37. The number of hydrazone groups is 1. The number of fused-ring (bicyclic) bond motifs is 1. The molecular formula is C20H16ClN3O2. The molecule has 1 amide bonds. The van der Waals surface area contributed by atoms with Crippen LogP contribution in [-0.2, 0) is 0 Å². The lowest BCUT2D eigenvalue weighted by atomic mass is 10.2. The molecule has 0 saturated carbocycles. The Morgan fingerprint density at radius 1 is 1.23 bits per heavy atom. The van der Waals surface area contributed by atoms with Gasteiger partial charge in [-0.05, 0) is 36.4 Å². The largest absolute Gasteiger partial charge is 0.490 e. The van der Waals surface area contributed by atoms with Crippen LogP contribution in [0.1, 0.15) is 15.9 Å². The summed E-state index contributed by atoms with van der Waals surface area (Å²) in [4.78, 5) is 16.4. The summed E-state index contributed by atoms with van der Waals surface area (Å²) in [5.74, 6) is 0.334. The number of nitrogens with zero attached hydrogens (tertiary/aromatic N) is 2. The Kier molecular flexibility index (Phi) is 5.61. The second-order valence-electron chi connectivity index (χ2n) is 5.38. The first-order valence-electron chi connectivity index (χ1n) is 7.90. The van der Waals surface area contributed by atoms with Crippen molar-refractivity contribution in [1.29, 1.82) is 0 Å². The molecule has 0 atom stereocenters. The van der Waals surface area contributed by atoms with Crippen LogP contribution in [0.15, 0.2) is 72.4 Å². The van der Waals surface area contributed by atoms with E-state index >= 15 is 0 Å². The topological polar surface area (TPSA) is 63.6 Å². The number of carbonyl (C=O) groups is 1. The molecule has 1 heterocycles. The average molecular weight is 366 g/mol. The van der Waals surface area contributed by atoms with Gasteiger partial charge in [0, 0.05) is 16.5 Å². The summed E-state index contributed by atoms with van der Waals surface area (Å²) in [6, 6.07) is 16.2. The molecule has 0 saturated heterocycles. The van der Waals surface area contributed by atoms with Crippen LogP contribution in [0, 0.1) is 0 Å². The predicted molar refractivity (Wildman–Crippen MR) is 104 cm³/mol. The fraction of sp³-hybridized carbons (Fsp3) is 0.0500. The van der Waals surface area contributed by atoms with Crippen molar-refractivity contribution >= 4 is 34.6 Å². The van der Waals surface area contributed by atoms with Gasteiger partial charge in [-0.15, -0.1) is 0 Å². The molecule has 3 rings (SSSR count). The number of halogens is 1. The van der Waals surface area contributed by atoms with Gasteiger partial charge in [0.05, 0.1) is 11.7 Å². The summed E-state index contributed by atoms with van der Waals surface area (Å²) in [6.07, 6.45) is 3.13. The first-order valence-corrected chi connectivity index (χ1v) is 8.27. The van der Waals surface area contributed by atoms with Crippen molar-refractivity contribution in [1.82, 2.24) is 10.4 Å². The number of hydrogen-bond acceptors (Lipinski definition) is 4. The molecule has 5 nitrogen and oxygen atoms in total. The SMILES string of the molecule is C=CCOc1ccc(C(=O)N/N=C/c2cc3ccccc3nc2Cl)cc1. The highest BCUT2D eigenvalue weighted by Gasteiger charge is 2.05. The molecule has 0 bridgehead atoms. The second-order valence-corrected chi connectivity index (χ2v) is 5.74. The fourth-order valence-electron chi connectivity index (χ4n) is 2.28. The standard InChI is InChI=1S/C20H16ClN3O2/c1-2-11-26-17-9-7-14(8-10-17)20(25)24-22-13-16-12-15-5-3-4-6-18(15)23-19(16)21/h2-10,12-13H,1,11H2,(H,24,25)/b22-13+. The Morgan fingerprint density at radius 2 is 2.00 bits per heavy atom. The molecule has 0 aliphatic heterocycles. The smallest absolute Gasteiger partial charge is 0.271 e. The van der Waals surface area contributed by atoms with Crippen molar-refractivity contribution in [3.05, 3.63) is 83.5 Å². The molecule has 130 valence electrons. The number of pyridine rings is 1. The van der Waals surface area contributed by atoms with Crippen LogP contribution < -0.4 is 10.2 Å². The normalized spacial score (nSPS) is 10.8. The summed E-state index contributed by atoms with van der Waals surface area (Å²) >= 11 is 6.16. The van der Waals surface area contributed by atoms with E-state index in [4.69, 9.17) is 16.3 Å². The lowest BCUT2D eigenvalue weighted by Crippen LogP contribution is -2.17. The summed E-state index contributed by atoms with van der Waals surface area (Å²) in [6.45, 7) is 4.00. The van der Waals surface area contributed by atoms with E-state index in [1.165, 1.54) is 6.21 Å². The van der Waals surface area contributed by atoms with Crippen LogP contribution in [0.4, 0.5) is 0 Å². The maximum absolute atomic E-state index is 12.1. The zero-order chi connectivity index (χ0) is 18.4. The Morgan fingerprint density at radius 3 is 2.77 bits per heavy atom. The lowest BCUT2D eigenvalue weighted by molar-refractivity contribution is 0.0955. The second kappa shape index (κ2) is 8.27. The third kappa shape index (κ3) is 4.26. The highest BCUT2D eigenvalue weighted by Crippen LogP contribution is 2.19. The van der Waals surface area contributed by atoms with Crippen LogP contribution in [0.2, 0.25) is 5.15 Å². The monoisotopic (exact) mass is 365 g/mol. The number of ether oxygens (including phenoxy) is 1. The summed E-state index contributed by atoms with van der Waals surface area (Å²) in [7, 11) is 0. The average Bonchev–Trinajstić information content (AvgIpc) is 2.67. The van der Waals surface area contributed by atoms with E-state index in [1.807, 2.05) is 30.3 Å². The van der Waals surface area contributed by atoms with Gasteiger partial charge in [0.2, 0.25) is 0 Å². The molecule has 1 aromatic heterocycles.